The molecule has 6 nitrogen and oxygen atoms in total. The van der Waals surface area contributed by atoms with E-state index in [1.807, 2.05) is 6.33 Å². The molecule has 0 aromatic carbocycles. The van der Waals surface area contributed by atoms with Crippen molar-refractivity contribution in [2.24, 2.45) is 0 Å². The molecule has 0 spiro atoms. The Hall–Kier alpha value is -1.50. The van der Waals surface area contributed by atoms with Crippen LogP contribution in [0.4, 0.5) is 5.13 Å². The fourth-order valence-corrected chi connectivity index (χ4v) is 2.76. The molecule has 20 heavy (non-hydrogen) atoms. The van der Waals surface area contributed by atoms with E-state index in [1.165, 1.54) is 24.4 Å². The van der Waals surface area contributed by atoms with Gasteiger partial charge in [0.15, 0.2) is 0 Å². The van der Waals surface area contributed by atoms with Gasteiger partial charge in [0.25, 0.3) is 0 Å². The van der Waals surface area contributed by atoms with Crippen LogP contribution in [0.3, 0.4) is 0 Å². The Kier molecular flexibility index (Phi) is 3.45. The van der Waals surface area contributed by atoms with Crippen molar-refractivity contribution in [3.63, 3.8) is 0 Å². The second kappa shape index (κ2) is 5.12. The summed E-state index contributed by atoms with van der Waals surface area (Å²) in [6.45, 7) is 8.05. The van der Waals surface area contributed by atoms with E-state index in [2.05, 4.69) is 50.2 Å². The number of aromatic nitrogens is 5. The lowest BCUT2D eigenvalue weighted by molar-refractivity contribution is 0.555. The Morgan fingerprint density at radius 3 is 2.85 bits per heavy atom. The normalized spacial score (nSPS) is 15.6. The molecule has 2 aromatic rings. The largest absolute Gasteiger partial charge is 0.358 e. The average molecular weight is 292 g/mol. The average Bonchev–Trinajstić information content (AvgIpc) is 2.92. The molecule has 0 radical (unpaired) electrons. The molecule has 0 amide bonds. The predicted octanol–water partition coefficient (Wildman–Crippen LogP) is 2.42. The zero-order valence-electron chi connectivity index (χ0n) is 12.1. The van der Waals surface area contributed by atoms with E-state index in [0.29, 0.717) is 5.92 Å². The molecule has 108 valence electrons. The van der Waals surface area contributed by atoms with E-state index in [4.69, 9.17) is 0 Å². The van der Waals surface area contributed by atoms with Gasteiger partial charge in [-0.2, -0.15) is 4.37 Å². The number of rotatable bonds is 5. The van der Waals surface area contributed by atoms with Crippen molar-refractivity contribution in [3.8, 4) is 0 Å². The quantitative estimate of drug-likeness (QED) is 0.916. The summed E-state index contributed by atoms with van der Waals surface area (Å²) in [6.07, 6.45) is 4.31. The second-order valence-corrected chi connectivity index (χ2v) is 7.01. The zero-order valence-corrected chi connectivity index (χ0v) is 12.9. The van der Waals surface area contributed by atoms with Crippen LogP contribution in [-0.2, 0) is 12.0 Å². The van der Waals surface area contributed by atoms with Crippen molar-refractivity contribution in [2.45, 2.75) is 51.5 Å². The first-order chi connectivity index (χ1) is 9.54. The zero-order chi connectivity index (χ0) is 14.2. The Labute approximate surface area is 122 Å². The highest BCUT2D eigenvalue weighted by atomic mass is 32.1. The summed E-state index contributed by atoms with van der Waals surface area (Å²) < 4.78 is 6.53. The van der Waals surface area contributed by atoms with Crippen molar-refractivity contribution >= 4 is 16.7 Å². The summed E-state index contributed by atoms with van der Waals surface area (Å²) in [5.41, 5.74) is 0.00381. The van der Waals surface area contributed by atoms with E-state index >= 15 is 0 Å². The molecule has 2 heterocycles. The molecule has 7 heteroatoms. The molecular weight excluding hydrogens is 272 g/mol. The molecule has 3 rings (SSSR count). The number of hydrogen-bond acceptors (Lipinski definition) is 6. The summed E-state index contributed by atoms with van der Waals surface area (Å²) in [4.78, 5) is 4.53. The summed E-state index contributed by atoms with van der Waals surface area (Å²) in [5, 5.41) is 12.4. The Bertz CT molecular complexity index is 578. The minimum atomic E-state index is 0.00381. The van der Waals surface area contributed by atoms with Crippen molar-refractivity contribution in [2.75, 3.05) is 11.9 Å². The van der Waals surface area contributed by atoms with Gasteiger partial charge in [-0.15, -0.1) is 10.2 Å². The van der Waals surface area contributed by atoms with Gasteiger partial charge >= 0.3 is 0 Å². The monoisotopic (exact) mass is 292 g/mol. The van der Waals surface area contributed by atoms with Gasteiger partial charge in [-0.1, -0.05) is 20.8 Å². The van der Waals surface area contributed by atoms with E-state index in [1.54, 1.807) is 0 Å². The van der Waals surface area contributed by atoms with Crippen LogP contribution >= 0.6 is 11.5 Å². The fraction of sp³-hybridized carbons (Fsp3) is 0.692. The Morgan fingerprint density at radius 2 is 2.20 bits per heavy atom. The lowest BCUT2D eigenvalue weighted by atomic mass is 9.96. The van der Waals surface area contributed by atoms with Gasteiger partial charge in [-0.05, 0) is 12.8 Å². The number of nitrogens with zero attached hydrogens (tertiary/aromatic N) is 5. The van der Waals surface area contributed by atoms with Gasteiger partial charge < -0.3 is 9.88 Å². The number of nitrogens with one attached hydrogen (secondary N) is 1. The van der Waals surface area contributed by atoms with E-state index in [0.717, 1.165) is 29.9 Å². The molecule has 0 unspecified atom stereocenters. The van der Waals surface area contributed by atoms with E-state index in [9.17, 15) is 0 Å². The first kappa shape index (κ1) is 13.5. The van der Waals surface area contributed by atoms with Gasteiger partial charge in [0.2, 0.25) is 5.13 Å². The molecule has 0 aliphatic heterocycles. The fourth-order valence-electron chi connectivity index (χ4n) is 1.98. The predicted molar refractivity (Wildman–Crippen MR) is 79.1 cm³/mol. The van der Waals surface area contributed by atoms with Gasteiger partial charge in [-0.25, -0.2) is 4.98 Å². The maximum atomic E-state index is 4.53. The van der Waals surface area contributed by atoms with E-state index in [-0.39, 0.29) is 5.41 Å². The maximum Gasteiger partial charge on any atom is 0.202 e. The highest BCUT2D eigenvalue weighted by Crippen LogP contribution is 2.38. The molecule has 0 saturated heterocycles. The lowest BCUT2D eigenvalue weighted by Gasteiger charge is -2.12. The smallest absolute Gasteiger partial charge is 0.202 e. The third-order valence-corrected chi connectivity index (χ3v) is 3.99. The van der Waals surface area contributed by atoms with Crippen LogP contribution in [0.15, 0.2) is 6.33 Å². The van der Waals surface area contributed by atoms with Crippen LogP contribution in [0.1, 0.15) is 51.2 Å². The summed E-state index contributed by atoms with van der Waals surface area (Å²) in [7, 11) is 0. The molecule has 1 aliphatic carbocycles. The molecule has 1 fully saturated rings. The van der Waals surface area contributed by atoms with Crippen molar-refractivity contribution in [1.29, 1.82) is 0 Å². The molecule has 1 saturated carbocycles. The lowest BCUT2D eigenvalue weighted by Crippen LogP contribution is -2.14. The third kappa shape index (κ3) is 2.98. The topological polar surface area (TPSA) is 68.5 Å². The first-order valence-corrected chi connectivity index (χ1v) is 7.77. The van der Waals surface area contributed by atoms with Gasteiger partial charge in [0.05, 0.1) is 0 Å². The van der Waals surface area contributed by atoms with Gasteiger partial charge in [-0.3, -0.25) is 0 Å². The van der Waals surface area contributed by atoms with Crippen LogP contribution in [0, 0.1) is 0 Å². The number of hydrogen-bond donors (Lipinski definition) is 1. The van der Waals surface area contributed by atoms with Crippen molar-refractivity contribution < 1.29 is 0 Å². The highest BCUT2D eigenvalue weighted by Gasteiger charge is 2.28. The van der Waals surface area contributed by atoms with E-state index < -0.39 is 0 Å². The summed E-state index contributed by atoms with van der Waals surface area (Å²) in [6, 6.07) is 0. The van der Waals surface area contributed by atoms with Crippen LogP contribution in [-0.4, -0.2) is 30.7 Å². The van der Waals surface area contributed by atoms with Crippen molar-refractivity contribution in [1.82, 2.24) is 24.1 Å². The molecule has 0 bridgehead atoms. The SMILES string of the molecule is CC(C)(C)c1nsc(NCCn2cnnc2C2CC2)n1. The molecule has 2 aromatic heterocycles. The van der Waals surface area contributed by atoms with Crippen LogP contribution in [0.25, 0.3) is 0 Å². The maximum absolute atomic E-state index is 4.53. The molecule has 1 aliphatic rings. The summed E-state index contributed by atoms with van der Waals surface area (Å²) in [5.74, 6) is 2.65. The highest BCUT2D eigenvalue weighted by molar-refractivity contribution is 7.09. The van der Waals surface area contributed by atoms with Crippen LogP contribution < -0.4 is 5.32 Å². The number of anilines is 1. The molecule has 0 atom stereocenters. The standard InChI is InChI=1S/C13H20N6S/c1-13(2,3)11-16-12(20-18-11)14-6-7-19-8-15-17-10(19)9-4-5-9/h8-9H,4-7H2,1-3H3,(H,14,16,18). The van der Waals surface area contributed by atoms with Gasteiger partial charge in [0.1, 0.15) is 18.0 Å². The van der Waals surface area contributed by atoms with Crippen LogP contribution in [0.2, 0.25) is 0 Å². The third-order valence-electron chi connectivity index (χ3n) is 3.31. The molecule has 1 N–H and O–H groups in total. The minimum absolute atomic E-state index is 0.00381. The second-order valence-electron chi connectivity index (χ2n) is 6.26. The van der Waals surface area contributed by atoms with Crippen LogP contribution in [0.5, 0.6) is 0 Å². The van der Waals surface area contributed by atoms with Crippen molar-refractivity contribution in [3.05, 3.63) is 18.0 Å². The van der Waals surface area contributed by atoms with Gasteiger partial charge in [0, 0.05) is 36.0 Å². The molecular formula is C13H20N6S. The Morgan fingerprint density at radius 1 is 1.40 bits per heavy atom. The minimum Gasteiger partial charge on any atom is -0.358 e. The first-order valence-electron chi connectivity index (χ1n) is 7.00. The summed E-state index contributed by atoms with van der Waals surface area (Å²) >= 11 is 1.42. The Balaban J connectivity index is 1.54.